The second-order valence-electron chi connectivity index (χ2n) is 8.19. The molecule has 0 aliphatic rings. The van der Waals surface area contributed by atoms with Gasteiger partial charge in [0.2, 0.25) is 9.70 Å². The van der Waals surface area contributed by atoms with Gasteiger partial charge in [-0.2, -0.15) is 0 Å². The highest BCUT2D eigenvalue weighted by Gasteiger charge is 2.33. The molecule has 30 heavy (non-hydrogen) atoms. The molecule has 1 unspecified atom stereocenters. The summed E-state index contributed by atoms with van der Waals surface area (Å²) in [5.41, 5.74) is 1.93. The molecule has 0 aliphatic carbocycles. The van der Waals surface area contributed by atoms with Crippen LogP contribution in [0, 0.1) is 6.92 Å². The number of amides is 1. The third-order valence-corrected chi connectivity index (χ3v) is 5.91. The molecule has 1 rings (SSSR count). The van der Waals surface area contributed by atoms with E-state index in [2.05, 4.69) is 17.6 Å². The molecule has 0 bridgehead atoms. The summed E-state index contributed by atoms with van der Waals surface area (Å²) >= 11 is 18.2. The fourth-order valence-electron chi connectivity index (χ4n) is 3.38. The van der Waals surface area contributed by atoms with Crippen molar-refractivity contribution >= 4 is 46.4 Å². The van der Waals surface area contributed by atoms with Gasteiger partial charge in [0.25, 0.3) is 0 Å². The summed E-state index contributed by atoms with van der Waals surface area (Å²) in [5.74, 6) is -0.0991. The van der Waals surface area contributed by atoms with E-state index in [9.17, 15) is 4.79 Å². The summed E-state index contributed by atoms with van der Waals surface area (Å²) in [6.45, 7) is 4.26. The number of halogens is 3. The third-order valence-electron chi connectivity index (χ3n) is 5.25. The second-order valence-corrected chi connectivity index (χ2v) is 10.6. The molecule has 0 saturated heterocycles. The zero-order chi connectivity index (χ0) is 22.2. The number of hydrogen-bond donors (Lipinski definition) is 2. The average molecular weight is 478 g/mol. The van der Waals surface area contributed by atoms with Crippen molar-refractivity contribution in [2.24, 2.45) is 0 Å². The van der Waals surface area contributed by atoms with Crippen molar-refractivity contribution < 1.29 is 4.79 Å². The van der Waals surface area contributed by atoms with Crippen molar-refractivity contribution in [2.45, 2.75) is 107 Å². The van der Waals surface area contributed by atoms with Gasteiger partial charge in [0.15, 0.2) is 0 Å². The number of benzene rings is 1. The monoisotopic (exact) mass is 476 g/mol. The van der Waals surface area contributed by atoms with Gasteiger partial charge in [0.05, 0.1) is 0 Å². The van der Waals surface area contributed by atoms with Crippen LogP contribution in [-0.4, -0.2) is 15.9 Å². The zero-order valence-electron chi connectivity index (χ0n) is 18.6. The molecule has 0 radical (unpaired) electrons. The lowest BCUT2D eigenvalue weighted by Crippen LogP contribution is -2.49. The molecule has 0 heterocycles. The summed E-state index contributed by atoms with van der Waals surface area (Å²) in [7, 11) is 0. The molecule has 1 amide bonds. The van der Waals surface area contributed by atoms with E-state index >= 15 is 0 Å². The van der Waals surface area contributed by atoms with Crippen LogP contribution in [0.25, 0.3) is 0 Å². The summed E-state index contributed by atoms with van der Waals surface area (Å²) in [6, 6.07) is 7.73. The zero-order valence-corrected chi connectivity index (χ0v) is 20.9. The standard InChI is InChI=1S/C24H39Cl3N2O/c1-3-4-5-6-7-8-9-10-11-12-13-14-15-22(30)29-23(24(25,26)27)28-21-18-16-20(2)17-19-21/h16-19,23,28H,3-15H2,1-2H3,(H,29,30). The van der Waals surface area contributed by atoms with Crippen LogP contribution in [0.5, 0.6) is 0 Å². The molecule has 0 fully saturated rings. The van der Waals surface area contributed by atoms with Gasteiger partial charge < -0.3 is 10.6 Å². The number of carbonyl (C=O) groups excluding carboxylic acids is 1. The van der Waals surface area contributed by atoms with Gasteiger partial charge in [-0.1, -0.05) is 130 Å². The molecule has 3 nitrogen and oxygen atoms in total. The molecule has 0 saturated carbocycles. The van der Waals surface area contributed by atoms with E-state index in [1.54, 1.807) is 0 Å². The van der Waals surface area contributed by atoms with E-state index < -0.39 is 9.96 Å². The Balaban J connectivity index is 2.15. The minimum atomic E-state index is -1.64. The molecule has 1 aromatic carbocycles. The van der Waals surface area contributed by atoms with Crippen LogP contribution in [0.15, 0.2) is 24.3 Å². The third kappa shape index (κ3) is 13.6. The number of anilines is 1. The largest absolute Gasteiger partial charge is 0.362 e. The van der Waals surface area contributed by atoms with Crippen molar-refractivity contribution in [1.29, 1.82) is 0 Å². The first kappa shape index (κ1) is 27.4. The Kier molecular flexibility index (Phi) is 14.7. The van der Waals surface area contributed by atoms with E-state index in [4.69, 9.17) is 34.8 Å². The molecule has 0 aromatic heterocycles. The molecule has 0 aliphatic heterocycles. The highest BCUT2D eigenvalue weighted by Crippen LogP contribution is 2.31. The first-order valence-corrected chi connectivity index (χ1v) is 12.7. The first-order valence-electron chi connectivity index (χ1n) is 11.5. The van der Waals surface area contributed by atoms with E-state index in [-0.39, 0.29) is 5.91 Å². The number of unbranched alkanes of at least 4 members (excludes halogenated alkanes) is 11. The number of hydrogen-bond acceptors (Lipinski definition) is 2. The Morgan fingerprint density at radius 3 is 1.77 bits per heavy atom. The van der Waals surface area contributed by atoms with Crippen molar-refractivity contribution in [2.75, 3.05) is 5.32 Å². The van der Waals surface area contributed by atoms with Crippen molar-refractivity contribution in [3.63, 3.8) is 0 Å². The molecular weight excluding hydrogens is 439 g/mol. The van der Waals surface area contributed by atoms with Crippen LogP contribution in [0.4, 0.5) is 5.69 Å². The van der Waals surface area contributed by atoms with E-state index in [1.165, 1.54) is 64.2 Å². The normalized spacial score (nSPS) is 12.6. The Morgan fingerprint density at radius 1 is 0.833 bits per heavy atom. The number of alkyl halides is 3. The van der Waals surface area contributed by atoms with Crippen molar-refractivity contribution in [3.05, 3.63) is 29.8 Å². The highest BCUT2D eigenvalue weighted by atomic mass is 35.6. The minimum Gasteiger partial charge on any atom is -0.362 e. The van der Waals surface area contributed by atoms with E-state index in [0.29, 0.717) is 6.42 Å². The summed E-state index contributed by atoms with van der Waals surface area (Å²) in [6.07, 6.45) is 14.9. The van der Waals surface area contributed by atoms with Gasteiger partial charge >= 0.3 is 0 Å². The van der Waals surface area contributed by atoms with Gasteiger partial charge in [0.1, 0.15) is 6.17 Å². The van der Waals surface area contributed by atoms with E-state index in [0.717, 1.165) is 24.1 Å². The second kappa shape index (κ2) is 16.1. The Morgan fingerprint density at radius 2 is 1.30 bits per heavy atom. The maximum Gasteiger partial charge on any atom is 0.228 e. The molecule has 1 atom stereocenters. The molecule has 1 aromatic rings. The molecule has 2 N–H and O–H groups in total. The van der Waals surface area contributed by atoms with Gasteiger partial charge in [-0.25, -0.2) is 0 Å². The predicted molar refractivity (Wildman–Crippen MR) is 133 cm³/mol. The van der Waals surface area contributed by atoms with Crippen LogP contribution in [0.1, 0.15) is 96.0 Å². The van der Waals surface area contributed by atoms with Gasteiger partial charge in [-0.15, -0.1) is 0 Å². The highest BCUT2D eigenvalue weighted by molar-refractivity contribution is 6.68. The number of aryl methyl sites for hydroxylation is 1. The maximum atomic E-state index is 12.3. The number of rotatable bonds is 16. The maximum absolute atomic E-state index is 12.3. The van der Waals surface area contributed by atoms with Crippen LogP contribution >= 0.6 is 34.8 Å². The lowest BCUT2D eigenvalue weighted by atomic mass is 10.0. The smallest absolute Gasteiger partial charge is 0.228 e. The lowest BCUT2D eigenvalue weighted by molar-refractivity contribution is -0.121. The van der Waals surface area contributed by atoms with Crippen LogP contribution in [0.3, 0.4) is 0 Å². The molecule has 172 valence electrons. The van der Waals surface area contributed by atoms with Gasteiger partial charge in [-0.05, 0) is 25.5 Å². The Hall–Kier alpha value is -0.640. The van der Waals surface area contributed by atoms with Gasteiger partial charge in [-0.3, -0.25) is 4.79 Å². The predicted octanol–water partition coefficient (Wildman–Crippen LogP) is 8.31. The van der Waals surface area contributed by atoms with Crippen LogP contribution in [0.2, 0.25) is 0 Å². The van der Waals surface area contributed by atoms with Crippen LogP contribution < -0.4 is 10.6 Å². The molecular formula is C24H39Cl3N2O. The van der Waals surface area contributed by atoms with Crippen molar-refractivity contribution in [3.8, 4) is 0 Å². The topological polar surface area (TPSA) is 41.1 Å². The fourth-order valence-corrected chi connectivity index (χ4v) is 3.70. The van der Waals surface area contributed by atoms with Gasteiger partial charge in [0, 0.05) is 12.1 Å². The molecule has 6 heteroatoms. The Bertz CT molecular complexity index is 573. The minimum absolute atomic E-state index is 0.0991. The average Bonchev–Trinajstić information content (AvgIpc) is 2.69. The number of nitrogens with one attached hydrogen (secondary N) is 2. The summed E-state index contributed by atoms with van der Waals surface area (Å²) in [5, 5.41) is 5.91. The Labute approximate surface area is 198 Å². The lowest BCUT2D eigenvalue weighted by Gasteiger charge is -2.27. The van der Waals surface area contributed by atoms with E-state index in [1.807, 2.05) is 31.2 Å². The SMILES string of the molecule is CCCCCCCCCCCCCCC(=O)NC(Nc1ccc(C)cc1)C(Cl)(Cl)Cl. The molecule has 0 spiro atoms. The van der Waals surface area contributed by atoms with Crippen molar-refractivity contribution in [1.82, 2.24) is 5.32 Å². The first-order chi connectivity index (χ1) is 14.3. The van der Waals surface area contributed by atoms with Crippen LogP contribution in [-0.2, 0) is 4.79 Å². The number of carbonyl (C=O) groups is 1. The fraction of sp³-hybridized carbons (Fsp3) is 0.708. The quantitative estimate of drug-likeness (QED) is 0.143. The summed E-state index contributed by atoms with van der Waals surface area (Å²) < 4.78 is -1.64. The summed E-state index contributed by atoms with van der Waals surface area (Å²) in [4.78, 5) is 12.3.